The molecule has 1 unspecified atom stereocenters. The standard InChI is InChI=1S/C14H19O3P/c1-3-5-8-12-11-18(15,16-4-2)14-10-7-6-9-13(14)17-12/h6-7,9-11H,3-5,8H2,1-2H3. The van der Waals surface area contributed by atoms with Crippen LogP contribution in [0.1, 0.15) is 33.1 Å². The Hall–Kier alpha value is -1.05. The van der Waals surface area contributed by atoms with Crippen LogP contribution in [0, 0.1) is 0 Å². The normalized spacial score (nSPS) is 22.0. The molecule has 0 fully saturated rings. The number of hydrogen-bond donors (Lipinski definition) is 0. The van der Waals surface area contributed by atoms with Crippen molar-refractivity contribution in [3.05, 3.63) is 35.8 Å². The van der Waals surface area contributed by atoms with E-state index in [0.29, 0.717) is 17.7 Å². The summed E-state index contributed by atoms with van der Waals surface area (Å²) in [5.74, 6) is 3.13. The first-order chi connectivity index (χ1) is 8.69. The fourth-order valence-corrected chi connectivity index (χ4v) is 4.01. The van der Waals surface area contributed by atoms with Gasteiger partial charge in [-0.1, -0.05) is 25.5 Å². The average Bonchev–Trinajstić information content (AvgIpc) is 2.36. The Kier molecular flexibility index (Phi) is 4.26. The number of para-hydroxylation sites is 1. The van der Waals surface area contributed by atoms with Crippen molar-refractivity contribution in [2.75, 3.05) is 6.61 Å². The van der Waals surface area contributed by atoms with E-state index >= 15 is 0 Å². The van der Waals surface area contributed by atoms with Crippen LogP contribution in [-0.2, 0) is 9.09 Å². The van der Waals surface area contributed by atoms with Gasteiger partial charge < -0.3 is 9.26 Å². The Morgan fingerprint density at radius 1 is 1.28 bits per heavy atom. The third-order valence-electron chi connectivity index (χ3n) is 2.85. The molecule has 0 bridgehead atoms. The van der Waals surface area contributed by atoms with Crippen molar-refractivity contribution in [2.24, 2.45) is 0 Å². The topological polar surface area (TPSA) is 35.5 Å². The van der Waals surface area contributed by atoms with Gasteiger partial charge in [0.1, 0.15) is 11.5 Å². The largest absolute Gasteiger partial charge is 0.461 e. The lowest BCUT2D eigenvalue weighted by Gasteiger charge is -2.24. The molecule has 0 saturated heterocycles. The molecule has 1 heterocycles. The second kappa shape index (κ2) is 5.73. The predicted molar refractivity (Wildman–Crippen MR) is 73.5 cm³/mol. The molecule has 1 aliphatic rings. The number of rotatable bonds is 5. The molecule has 0 radical (unpaired) electrons. The first-order valence-corrected chi connectivity index (χ1v) is 8.12. The van der Waals surface area contributed by atoms with Gasteiger partial charge in [0.05, 0.1) is 11.9 Å². The van der Waals surface area contributed by atoms with Gasteiger partial charge in [-0.15, -0.1) is 0 Å². The summed E-state index contributed by atoms with van der Waals surface area (Å²) in [5, 5.41) is 0.673. The molecule has 18 heavy (non-hydrogen) atoms. The number of unbranched alkanes of at least 4 members (excludes halogenated alkanes) is 1. The first-order valence-electron chi connectivity index (χ1n) is 6.43. The summed E-state index contributed by atoms with van der Waals surface area (Å²) in [6, 6.07) is 7.41. The zero-order valence-corrected chi connectivity index (χ0v) is 11.8. The van der Waals surface area contributed by atoms with E-state index in [1.54, 1.807) is 5.82 Å². The Morgan fingerprint density at radius 3 is 2.78 bits per heavy atom. The van der Waals surface area contributed by atoms with Gasteiger partial charge in [-0.25, -0.2) is 0 Å². The molecular weight excluding hydrogens is 247 g/mol. The van der Waals surface area contributed by atoms with Crippen molar-refractivity contribution in [2.45, 2.75) is 33.1 Å². The molecule has 1 aromatic rings. The number of allylic oxidation sites excluding steroid dienone is 1. The molecule has 0 spiro atoms. The maximum Gasteiger partial charge on any atom is 0.261 e. The Balaban J connectivity index is 2.36. The van der Waals surface area contributed by atoms with E-state index in [1.165, 1.54) is 0 Å². The van der Waals surface area contributed by atoms with E-state index in [0.717, 1.165) is 25.0 Å². The van der Waals surface area contributed by atoms with E-state index in [-0.39, 0.29) is 0 Å². The van der Waals surface area contributed by atoms with Gasteiger partial charge in [0, 0.05) is 12.2 Å². The minimum atomic E-state index is -2.89. The molecule has 98 valence electrons. The van der Waals surface area contributed by atoms with Crippen molar-refractivity contribution in [3.63, 3.8) is 0 Å². The summed E-state index contributed by atoms with van der Waals surface area (Å²) < 4.78 is 24.1. The molecule has 3 nitrogen and oxygen atoms in total. The summed E-state index contributed by atoms with van der Waals surface area (Å²) in [6.07, 6.45) is 2.92. The fourth-order valence-electron chi connectivity index (χ4n) is 1.99. The summed E-state index contributed by atoms with van der Waals surface area (Å²) in [5.41, 5.74) is 0. The SMILES string of the molecule is CCCCC1=CP(=O)(OCC)c2ccccc2O1. The van der Waals surface area contributed by atoms with Crippen LogP contribution >= 0.6 is 7.37 Å². The number of fused-ring (bicyclic) bond motifs is 1. The van der Waals surface area contributed by atoms with Gasteiger partial charge in [-0.2, -0.15) is 0 Å². The minimum absolute atomic E-state index is 0.434. The lowest BCUT2D eigenvalue weighted by molar-refractivity contribution is 0.338. The quantitative estimate of drug-likeness (QED) is 0.754. The monoisotopic (exact) mass is 266 g/mol. The van der Waals surface area contributed by atoms with Crippen LogP contribution in [0.5, 0.6) is 5.75 Å². The maximum absolute atomic E-state index is 12.9. The van der Waals surface area contributed by atoms with Crippen molar-refractivity contribution in [3.8, 4) is 5.75 Å². The molecule has 4 heteroatoms. The summed E-state index contributed by atoms with van der Waals surface area (Å²) in [6.45, 7) is 4.42. The van der Waals surface area contributed by atoms with Gasteiger partial charge in [0.25, 0.3) is 7.37 Å². The lowest BCUT2D eigenvalue weighted by Crippen LogP contribution is -2.16. The van der Waals surface area contributed by atoms with Gasteiger partial charge in [0.2, 0.25) is 0 Å². The van der Waals surface area contributed by atoms with Crippen LogP contribution in [0.4, 0.5) is 0 Å². The summed E-state index contributed by atoms with van der Waals surface area (Å²) >= 11 is 0. The molecule has 0 aromatic heterocycles. The van der Waals surface area contributed by atoms with Crippen molar-refractivity contribution in [1.82, 2.24) is 0 Å². The first kappa shape index (κ1) is 13.4. The summed E-state index contributed by atoms with van der Waals surface area (Å²) in [7, 11) is -2.89. The van der Waals surface area contributed by atoms with Crippen LogP contribution < -0.4 is 10.0 Å². The molecule has 0 saturated carbocycles. The minimum Gasteiger partial charge on any atom is -0.461 e. The molecular formula is C14H19O3P. The second-order valence-electron chi connectivity index (χ2n) is 4.28. The highest BCUT2D eigenvalue weighted by Gasteiger charge is 2.31. The number of benzene rings is 1. The average molecular weight is 266 g/mol. The molecule has 2 rings (SSSR count). The summed E-state index contributed by atoms with van der Waals surface area (Å²) in [4.78, 5) is 0. The van der Waals surface area contributed by atoms with Gasteiger partial charge in [-0.05, 0) is 25.5 Å². The van der Waals surface area contributed by atoms with Crippen LogP contribution in [0.25, 0.3) is 0 Å². The van der Waals surface area contributed by atoms with Crippen LogP contribution in [0.15, 0.2) is 35.8 Å². The highest BCUT2D eigenvalue weighted by Crippen LogP contribution is 2.53. The smallest absolute Gasteiger partial charge is 0.261 e. The van der Waals surface area contributed by atoms with Crippen LogP contribution in [0.3, 0.4) is 0 Å². The third-order valence-corrected chi connectivity index (χ3v) is 5.16. The van der Waals surface area contributed by atoms with E-state index in [1.807, 2.05) is 31.2 Å². The Bertz CT molecular complexity index is 494. The third kappa shape index (κ3) is 2.68. The van der Waals surface area contributed by atoms with E-state index in [4.69, 9.17) is 9.26 Å². The Labute approximate surface area is 108 Å². The zero-order chi connectivity index (χ0) is 13.0. The zero-order valence-electron chi connectivity index (χ0n) is 10.9. The molecule has 1 atom stereocenters. The maximum atomic E-state index is 12.9. The Morgan fingerprint density at radius 2 is 2.06 bits per heavy atom. The molecule has 0 aliphatic carbocycles. The van der Waals surface area contributed by atoms with E-state index < -0.39 is 7.37 Å². The van der Waals surface area contributed by atoms with Crippen LogP contribution in [-0.4, -0.2) is 6.61 Å². The molecule has 0 amide bonds. The van der Waals surface area contributed by atoms with Crippen molar-refractivity contribution < 1.29 is 13.8 Å². The van der Waals surface area contributed by atoms with E-state index in [2.05, 4.69) is 6.92 Å². The molecule has 1 aromatic carbocycles. The van der Waals surface area contributed by atoms with Gasteiger partial charge in [0.15, 0.2) is 0 Å². The van der Waals surface area contributed by atoms with Gasteiger partial charge >= 0.3 is 0 Å². The molecule has 1 aliphatic heterocycles. The van der Waals surface area contributed by atoms with Gasteiger partial charge in [-0.3, -0.25) is 4.57 Å². The second-order valence-corrected chi connectivity index (χ2v) is 6.48. The number of hydrogen-bond acceptors (Lipinski definition) is 3. The van der Waals surface area contributed by atoms with Crippen molar-refractivity contribution >= 4 is 12.7 Å². The lowest BCUT2D eigenvalue weighted by atomic mass is 10.2. The predicted octanol–water partition coefficient (Wildman–Crippen LogP) is 4.05. The van der Waals surface area contributed by atoms with Crippen molar-refractivity contribution in [1.29, 1.82) is 0 Å². The highest BCUT2D eigenvalue weighted by atomic mass is 31.2. The number of ether oxygens (including phenoxy) is 1. The van der Waals surface area contributed by atoms with E-state index in [9.17, 15) is 4.57 Å². The fraction of sp³-hybridized carbons (Fsp3) is 0.429. The molecule has 0 N–H and O–H groups in total. The van der Waals surface area contributed by atoms with Crippen LogP contribution in [0.2, 0.25) is 0 Å². The highest BCUT2D eigenvalue weighted by molar-refractivity contribution is 7.70.